The molecule has 68 heavy (non-hydrogen) atoms. The van der Waals surface area contributed by atoms with Crippen LogP contribution in [0, 0.1) is 0 Å². The maximum atomic E-state index is 3.94. The second-order valence-corrected chi connectivity index (χ2v) is 18.1. The van der Waals surface area contributed by atoms with Gasteiger partial charge in [-0.2, -0.15) is 0 Å². The van der Waals surface area contributed by atoms with Gasteiger partial charge in [-0.15, -0.1) is 0 Å². The van der Waals surface area contributed by atoms with Crippen LogP contribution in [0.2, 0.25) is 0 Å². The largest absolute Gasteiger partial charge is 0.354 e. The highest BCUT2D eigenvalue weighted by Crippen LogP contribution is 2.50. The van der Waals surface area contributed by atoms with E-state index in [1.165, 1.54) is 127 Å². The van der Waals surface area contributed by atoms with E-state index in [1.54, 1.807) is 0 Å². The molecule has 2 nitrogen and oxygen atoms in total. The first kappa shape index (κ1) is 38.3. The molecule has 14 rings (SSSR count). The van der Waals surface area contributed by atoms with Crippen molar-refractivity contribution in [3.05, 3.63) is 249 Å². The van der Waals surface area contributed by atoms with Gasteiger partial charge in [0, 0.05) is 38.3 Å². The van der Waals surface area contributed by atoms with Gasteiger partial charge >= 0.3 is 0 Å². The smallest absolute Gasteiger partial charge is 0.0551 e. The zero-order valence-electron chi connectivity index (χ0n) is 37.1. The van der Waals surface area contributed by atoms with Crippen LogP contribution in [-0.2, 0) is 0 Å². The van der Waals surface area contributed by atoms with E-state index in [1.807, 2.05) is 0 Å². The maximum Gasteiger partial charge on any atom is 0.0551 e. The Kier molecular flexibility index (Phi) is 8.62. The minimum absolute atomic E-state index is 1.13. The van der Waals surface area contributed by atoms with Gasteiger partial charge in [0.15, 0.2) is 0 Å². The lowest BCUT2D eigenvalue weighted by Gasteiger charge is -2.23. The van der Waals surface area contributed by atoms with Crippen molar-refractivity contribution in [2.24, 2.45) is 0 Å². The molecule has 2 aromatic heterocycles. The summed E-state index contributed by atoms with van der Waals surface area (Å²) in [5.41, 5.74) is 25.4. The lowest BCUT2D eigenvalue weighted by atomic mass is 9.80. The zero-order valence-corrected chi connectivity index (χ0v) is 37.1. The first-order valence-corrected chi connectivity index (χ1v) is 23.5. The van der Waals surface area contributed by atoms with E-state index in [-0.39, 0.29) is 0 Å². The standard InChI is InChI=1S/C66H42N2/c1-3-16-42(17-4-1)47-36-48(43-18-5-2-6-19-43)38-49(37-47)44-20-15-21-50(39-44)68-63-29-14-13-27-56(63)61-41-46(31-35-64(61)68)45-30-34-62-60(40-45)59-33-32-58-55-26-10-9-24-53(55)51-22-7-8-23-52(51)54-25-11-12-28-57(54)65(58)66(59)67-62/h1-41,67H. The van der Waals surface area contributed by atoms with Crippen molar-refractivity contribution in [1.82, 2.24) is 9.55 Å². The number of hydrogen-bond donors (Lipinski definition) is 1. The minimum Gasteiger partial charge on any atom is -0.354 e. The summed E-state index contributed by atoms with van der Waals surface area (Å²) < 4.78 is 2.43. The number of benzene rings is 11. The van der Waals surface area contributed by atoms with Crippen LogP contribution in [0.1, 0.15) is 0 Å². The molecule has 13 aromatic rings. The van der Waals surface area contributed by atoms with Gasteiger partial charge in [-0.1, -0.05) is 188 Å². The maximum absolute atomic E-state index is 3.94. The van der Waals surface area contributed by atoms with Crippen LogP contribution in [0.4, 0.5) is 0 Å². The lowest BCUT2D eigenvalue weighted by molar-refractivity contribution is 1.18. The molecule has 1 aliphatic carbocycles. The van der Waals surface area contributed by atoms with Gasteiger partial charge in [0.1, 0.15) is 0 Å². The Bertz CT molecular complexity index is 4070. The molecular weight excluding hydrogens is 821 g/mol. The second kappa shape index (κ2) is 15.3. The number of H-pyrrole nitrogens is 1. The second-order valence-electron chi connectivity index (χ2n) is 18.1. The van der Waals surface area contributed by atoms with E-state index in [9.17, 15) is 0 Å². The fraction of sp³-hybridized carbons (Fsp3) is 0. The molecule has 0 radical (unpaired) electrons. The SMILES string of the molecule is c1ccc(-c2cc(-c3ccccc3)cc(-c3cccc(-n4c5ccccc5c5cc(-c6ccc7[nH]c8c9c(ccc8c7c6)-c6ccccc6-c6ccccc6-c6ccccc6-9)ccc54)c3)c2)cc1. The molecule has 316 valence electrons. The van der Waals surface area contributed by atoms with E-state index in [2.05, 4.69) is 258 Å². The highest BCUT2D eigenvalue weighted by Gasteiger charge is 2.25. The normalized spacial score (nSPS) is 11.8. The number of nitrogens with zero attached hydrogens (tertiary/aromatic N) is 1. The molecule has 0 saturated carbocycles. The Morgan fingerprint density at radius 1 is 0.250 bits per heavy atom. The van der Waals surface area contributed by atoms with E-state index < -0.39 is 0 Å². The highest BCUT2D eigenvalue weighted by atomic mass is 15.0. The summed E-state index contributed by atoms with van der Waals surface area (Å²) in [4.78, 5) is 3.94. The van der Waals surface area contributed by atoms with Gasteiger partial charge in [0.2, 0.25) is 0 Å². The molecule has 1 aliphatic rings. The van der Waals surface area contributed by atoms with Crippen LogP contribution in [-0.4, -0.2) is 9.55 Å². The Balaban J connectivity index is 0.899. The quantitative estimate of drug-likeness (QED) is 0.178. The van der Waals surface area contributed by atoms with Gasteiger partial charge in [0.05, 0.1) is 16.6 Å². The first-order chi connectivity index (χ1) is 33.7. The molecule has 0 fully saturated rings. The number of aromatic amines is 1. The van der Waals surface area contributed by atoms with Gasteiger partial charge in [-0.25, -0.2) is 0 Å². The van der Waals surface area contributed by atoms with Gasteiger partial charge in [-0.05, 0) is 144 Å². The van der Waals surface area contributed by atoms with E-state index in [4.69, 9.17) is 0 Å². The molecule has 0 bridgehead atoms. The third-order valence-corrected chi connectivity index (χ3v) is 14.3. The summed E-state index contributed by atoms with van der Waals surface area (Å²) in [6.45, 7) is 0. The topological polar surface area (TPSA) is 20.7 Å². The predicted octanol–water partition coefficient (Wildman–Crippen LogP) is 18.1. The summed E-state index contributed by atoms with van der Waals surface area (Å²) >= 11 is 0. The third kappa shape index (κ3) is 6.05. The molecule has 2 heterocycles. The number of hydrogen-bond acceptors (Lipinski definition) is 0. The Hall–Kier alpha value is -8.98. The van der Waals surface area contributed by atoms with E-state index in [0.717, 1.165) is 11.2 Å². The molecule has 0 spiro atoms. The Morgan fingerprint density at radius 2 is 0.735 bits per heavy atom. The summed E-state index contributed by atoms with van der Waals surface area (Å²) in [7, 11) is 0. The van der Waals surface area contributed by atoms with Crippen LogP contribution in [0.25, 0.3) is 138 Å². The Labute approximate surface area is 394 Å². The van der Waals surface area contributed by atoms with Gasteiger partial charge < -0.3 is 9.55 Å². The monoisotopic (exact) mass is 862 g/mol. The fourth-order valence-corrected chi connectivity index (χ4v) is 11.1. The Morgan fingerprint density at radius 3 is 1.40 bits per heavy atom. The highest BCUT2D eigenvalue weighted by molar-refractivity contribution is 6.18. The van der Waals surface area contributed by atoms with Gasteiger partial charge in [-0.3, -0.25) is 0 Å². The number of aromatic nitrogens is 2. The van der Waals surface area contributed by atoms with Crippen LogP contribution >= 0.6 is 0 Å². The number of rotatable bonds is 5. The number of fused-ring (bicyclic) bond motifs is 15. The molecule has 1 N–H and O–H groups in total. The average Bonchev–Trinajstić information content (AvgIpc) is 3.96. The molecule has 0 aliphatic heterocycles. The van der Waals surface area contributed by atoms with Crippen LogP contribution in [0.3, 0.4) is 0 Å². The van der Waals surface area contributed by atoms with Crippen LogP contribution in [0.5, 0.6) is 0 Å². The van der Waals surface area contributed by atoms with Crippen molar-refractivity contribution in [3.63, 3.8) is 0 Å². The minimum atomic E-state index is 1.13. The summed E-state index contributed by atoms with van der Waals surface area (Å²) in [5, 5.41) is 4.92. The van der Waals surface area contributed by atoms with Crippen molar-refractivity contribution in [2.75, 3.05) is 0 Å². The summed E-state index contributed by atoms with van der Waals surface area (Å²) in [5.74, 6) is 0. The van der Waals surface area contributed by atoms with Crippen molar-refractivity contribution in [2.45, 2.75) is 0 Å². The summed E-state index contributed by atoms with van der Waals surface area (Å²) in [6.07, 6.45) is 0. The van der Waals surface area contributed by atoms with Crippen molar-refractivity contribution < 1.29 is 0 Å². The molecule has 0 saturated heterocycles. The molecule has 0 atom stereocenters. The van der Waals surface area contributed by atoms with Crippen molar-refractivity contribution in [3.8, 4) is 94.7 Å². The molecule has 0 amide bonds. The fourth-order valence-electron chi connectivity index (χ4n) is 11.1. The summed E-state index contributed by atoms with van der Waals surface area (Å²) in [6, 6.07) is 91.5. The number of nitrogens with one attached hydrogen (secondary N) is 1. The van der Waals surface area contributed by atoms with Crippen molar-refractivity contribution in [1.29, 1.82) is 0 Å². The lowest BCUT2D eigenvalue weighted by Crippen LogP contribution is -1.97. The predicted molar refractivity (Wildman–Crippen MR) is 287 cm³/mol. The third-order valence-electron chi connectivity index (χ3n) is 14.3. The van der Waals surface area contributed by atoms with E-state index >= 15 is 0 Å². The zero-order chi connectivity index (χ0) is 44.7. The van der Waals surface area contributed by atoms with Crippen LogP contribution in [0.15, 0.2) is 249 Å². The molecular formula is C66H42N2. The van der Waals surface area contributed by atoms with Crippen LogP contribution < -0.4 is 0 Å². The first-order valence-electron chi connectivity index (χ1n) is 23.5. The van der Waals surface area contributed by atoms with Gasteiger partial charge in [0.25, 0.3) is 0 Å². The average molecular weight is 863 g/mol. The molecule has 11 aromatic carbocycles. The number of para-hydroxylation sites is 1. The van der Waals surface area contributed by atoms with E-state index in [0.29, 0.717) is 0 Å². The molecule has 2 heteroatoms. The molecule has 0 unspecified atom stereocenters. The van der Waals surface area contributed by atoms with Crippen molar-refractivity contribution >= 4 is 43.6 Å².